The third-order valence-electron chi connectivity index (χ3n) is 6.96. The molecule has 0 spiro atoms. The molecule has 6 rings (SSSR count). The maximum absolute atomic E-state index is 13.8. The fourth-order valence-corrected chi connectivity index (χ4v) is 6.93. The second kappa shape index (κ2) is 11.3. The lowest BCUT2D eigenvalue weighted by Gasteiger charge is -2.30. The summed E-state index contributed by atoms with van der Waals surface area (Å²) in [5.41, 5.74) is 4.58. The van der Waals surface area contributed by atoms with Gasteiger partial charge in [-0.1, -0.05) is 30.3 Å². The highest BCUT2D eigenvalue weighted by atomic mass is 32.2. The Morgan fingerprint density at radius 1 is 1.08 bits per heavy atom. The van der Waals surface area contributed by atoms with Crippen LogP contribution >= 0.6 is 23.1 Å². The molecule has 4 heterocycles. The van der Waals surface area contributed by atoms with Crippen molar-refractivity contribution in [2.45, 2.75) is 5.25 Å². The fourth-order valence-electron chi connectivity index (χ4n) is 4.97. The molecule has 2 amide bonds. The number of aromatic nitrogens is 2. The third-order valence-corrected chi connectivity index (χ3v) is 8.91. The molecule has 10 heteroatoms. The lowest BCUT2D eigenvalue weighted by molar-refractivity contribution is -0.134. The summed E-state index contributed by atoms with van der Waals surface area (Å²) in [7, 11) is 1.63. The second-order valence-corrected chi connectivity index (χ2v) is 11.2. The Balaban J connectivity index is 1.56. The molecule has 2 aliphatic rings. The van der Waals surface area contributed by atoms with Gasteiger partial charge in [-0.15, -0.1) is 11.8 Å². The van der Waals surface area contributed by atoms with Crippen LogP contribution in [-0.4, -0.2) is 72.2 Å². The van der Waals surface area contributed by atoms with Crippen LogP contribution in [-0.2, 0) is 14.3 Å². The molecule has 0 aliphatic carbocycles. The van der Waals surface area contributed by atoms with Gasteiger partial charge < -0.3 is 14.4 Å². The van der Waals surface area contributed by atoms with Crippen molar-refractivity contribution < 1.29 is 19.1 Å². The molecular formula is C29H28N4O4S2. The molecule has 0 unspecified atom stereocenters. The van der Waals surface area contributed by atoms with E-state index in [0.717, 1.165) is 33.8 Å². The molecule has 4 aromatic rings. The van der Waals surface area contributed by atoms with Crippen molar-refractivity contribution in [2.24, 2.45) is 0 Å². The van der Waals surface area contributed by atoms with E-state index in [4.69, 9.17) is 14.6 Å². The Morgan fingerprint density at radius 2 is 1.85 bits per heavy atom. The smallest absolute Gasteiger partial charge is 0.242 e. The molecule has 8 nitrogen and oxygen atoms in total. The summed E-state index contributed by atoms with van der Waals surface area (Å²) < 4.78 is 12.6. The molecule has 2 aromatic heterocycles. The zero-order valence-corrected chi connectivity index (χ0v) is 23.1. The Labute approximate surface area is 235 Å². The van der Waals surface area contributed by atoms with Crippen molar-refractivity contribution >= 4 is 40.7 Å². The van der Waals surface area contributed by atoms with Gasteiger partial charge in [0.05, 0.1) is 42.7 Å². The number of nitrogens with zero attached hydrogens (tertiary/aromatic N) is 4. The van der Waals surface area contributed by atoms with Crippen LogP contribution in [0.25, 0.3) is 16.9 Å². The molecule has 0 radical (unpaired) electrons. The number of rotatable bonds is 6. The lowest BCUT2D eigenvalue weighted by atomic mass is 10.0. The molecule has 1 fully saturated rings. The van der Waals surface area contributed by atoms with E-state index < -0.39 is 0 Å². The molecule has 200 valence electrons. The van der Waals surface area contributed by atoms with Gasteiger partial charge in [0.2, 0.25) is 11.8 Å². The van der Waals surface area contributed by atoms with E-state index in [1.165, 1.54) is 0 Å². The average molecular weight is 561 g/mol. The van der Waals surface area contributed by atoms with Gasteiger partial charge in [-0.2, -0.15) is 16.4 Å². The number of hydrogen-bond acceptors (Lipinski definition) is 7. The third kappa shape index (κ3) is 5.07. The molecule has 0 saturated carbocycles. The van der Waals surface area contributed by atoms with Gasteiger partial charge in [-0.05, 0) is 46.7 Å². The van der Waals surface area contributed by atoms with Crippen LogP contribution in [0.4, 0.5) is 5.82 Å². The van der Waals surface area contributed by atoms with Crippen LogP contribution < -0.4 is 9.64 Å². The number of hydrogen-bond donors (Lipinski definition) is 0. The topological polar surface area (TPSA) is 76.9 Å². The van der Waals surface area contributed by atoms with Crippen LogP contribution in [0.5, 0.6) is 5.75 Å². The Hall–Kier alpha value is -3.60. The number of fused-ring (bicyclic) bond motifs is 1. The van der Waals surface area contributed by atoms with Crippen molar-refractivity contribution in [1.29, 1.82) is 0 Å². The number of amides is 2. The minimum absolute atomic E-state index is 0.0567. The standard InChI is InChI=1S/C29H28N4O4S2/c1-36-23-9-7-22(8-10-23)33-29-26(27(30-33)20-5-3-2-4-6-20)28(21-11-16-38-18-21)39-19-25(35)32(29)17-24(34)31-12-14-37-15-13-31/h2-11,16,18,28H,12-15,17,19H2,1H3/t28-/m1/s1. The minimum Gasteiger partial charge on any atom is -0.497 e. The largest absolute Gasteiger partial charge is 0.497 e. The summed E-state index contributed by atoms with van der Waals surface area (Å²) in [6, 6.07) is 19.7. The summed E-state index contributed by atoms with van der Waals surface area (Å²) in [5, 5.41) is 9.18. The monoisotopic (exact) mass is 560 g/mol. The van der Waals surface area contributed by atoms with Gasteiger partial charge in [0.25, 0.3) is 0 Å². The quantitative estimate of drug-likeness (QED) is 0.342. The normalized spacial score (nSPS) is 17.6. The van der Waals surface area contributed by atoms with Crippen molar-refractivity contribution in [1.82, 2.24) is 14.7 Å². The second-order valence-electron chi connectivity index (χ2n) is 9.28. The molecule has 0 bridgehead atoms. The Bertz CT molecular complexity index is 1450. The van der Waals surface area contributed by atoms with E-state index in [1.54, 1.807) is 40.0 Å². The number of thiophene rings is 1. The van der Waals surface area contributed by atoms with Gasteiger partial charge in [0.1, 0.15) is 18.1 Å². The number of methoxy groups -OCH3 is 1. The fraction of sp³-hybridized carbons (Fsp3) is 0.276. The molecule has 1 saturated heterocycles. The zero-order valence-electron chi connectivity index (χ0n) is 21.5. The summed E-state index contributed by atoms with van der Waals surface area (Å²) in [6.07, 6.45) is 0. The summed E-state index contributed by atoms with van der Waals surface area (Å²) in [4.78, 5) is 30.7. The Morgan fingerprint density at radius 3 is 2.54 bits per heavy atom. The summed E-state index contributed by atoms with van der Waals surface area (Å²) in [5.74, 6) is 1.40. The maximum Gasteiger partial charge on any atom is 0.242 e. The van der Waals surface area contributed by atoms with E-state index >= 15 is 0 Å². The lowest BCUT2D eigenvalue weighted by Crippen LogP contribution is -2.48. The van der Waals surface area contributed by atoms with E-state index in [9.17, 15) is 9.59 Å². The Kier molecular flexibility index (Phi) is 7.40. The molecular weight excluding hydrogens is 532 g/mol. The SMILES string of the molecule is COc1ccc(-n2nc(-c3ccccc3)c3c2N(CC(=O)N2CCOCC2)C(=O)CS[C@@H]3c2ccsc2)cc1. The van der Waals surface area contributed by atoms with Gasteiger partial charge in [0, 0.05) is 24.2 Å². The van der Waals surface area contributed by atoms with Crippen LogP contribution in [0.1, 0.15) is 16.4 Å². The first kappa shape index (κ1) is 25.7. The number of carbonyl (C=O) groups is 2. The van der Waals surface area contributed by atoms with Crippen LogP contribution in [0.15, 0.2) is 71.4 Å². The van der Waals surface area contributed by atoms with Crippen LogP contribution in [0.3, 0.4) is 0 Å². The van der Waals surface area contributed by atoms with E-state index in [2.05, 4.69) is 16.8 Å². The molecule has 1 atom stereocenters. The number of carbonyl (C=O) groups excluding carboxylic acids is 2. The van der Waals surface area contributed by atoms with E-state index in [-0.39, 0.29) is 29.4 Å². The van der Waals surface area contributed by atoms with Crippen LogP contribution in [0, 0.1) is 0 Å². The van der Waals surface area contributed by atoms with Crippen molar-refractivity contribution in [3.05, 3.63) is 82.6 Å². The molecule has 2 aromatic carbocycles. The highest BCUT2D eigenvalue weighted by molar-refractivity contribution is 8.00. The van der Waals surface area contributed by atoms with Gasteiger partial charge >= 0.3 is 0 Å². The maximum atomic E-state index is 13.8. The molecule has 2 aliphatic heterocycles. The van der Waals surface area contributed by atoms with Gasteiger partial charge in [-0.3, -0.25) is 14.5 Å². The highest BCUT2D eigenvalue weighted by Crippen LogP contribution is 2.49. The van der Waals surface area contributed by atoms with Crippen molar-refractivity contribution in [3.8, 4) is 22.7 Å². The van der Waals surface area contributed by atoms with Crippen molar-refractivity contribution in [2.75, 3.05) is 50.6 Å². The highest BCUT2D eigenvalue weighted by Gasteiger charge is 2.38. The first-order valence-electron chi connectivity index (χ1n) is 12.8. The van der Waals surface area contributed by atoms with E-state index in [0.29, 0.717) is 32.1 Å². The van der Waals surface area contributed by atoms with Gasteiger partial charge in [-0.25, -0.2) is 4.68 Å². The number of thioether (sulfide) groups is 1. The summed E-state index contributed by atoms with van der Waals surface area (Å²) >= 11 is 3.21. The van der Waals surface area contributed by atoms with E-state index in [1.807, 2.05) is 59.3 Å². The van der Waals surface area contributed by atoms with Crippen LogP contribution in [0.2, 0.25) is 0 Å². The number of benzene rings is 2. The predicted octanol–water partition coefficient (Wildman–Crippen LogP) is 4.64. The predicted molar refractivity (Wildman–Crippen MR) is 154 cm³/mol. The average Bonchev–Trinajstić information content (AvgIpc) is 3.63. The first-order valence-corrected chi connectivity index (χ1v) is 14.8. The first-order chi connectivity index (χ1) is 19.1. The van der Waals surface area contributed by atoms with Gasteiger partial charge in [0.15, 0.2) is 0 Å². The minimum atomic E-state index is -0.124. The van der Waals surface area contributed by atoms with Crippen molar-refractivity contribution in [3.63, 3.8) is 0 Å². The molecule has 39 heavy (non-hydrogen) atoms. The zero-order chi connectivity index (χ0) is 26.8. The number of morpholine rings is 1. The number of ether oxygens (including phenoxy) is 2. The molecule has 0 N–H and O–H groups in total. The summed E-state index contributed by atoms with van der Waals surface area (Å²) in [6.45, 7) is 1.99. The number of anilines is 1.